The SMILES string of the molecule is CCCCCCCNc1ccc(Cl)c(OC)c1. The number of unbranched alkanes of at least 4 members (excludes halogenated alkanes) is 4. The molecule has 0 fully saturated rings. The molecule has 1 N–H and O–H groups in total. The largest absolute Gasteiger partial charge is 0.495 e. The van der Waals surface area contributed by atoms with Gasteiger partial charge in [-0.15, -0.1) is 0 Å². The molecule has 17 heavy (non-hydrogen) atoms. The van der Waals surface area contributed by atoms with Gasteiger partial charge in [0, 0.05) is 18.3 Å². The van der Waals surface area contributed by atoms with Crippen molar-refractivity contribution in [2.45, 2.75) is 39.0 Å². The highest BCUT2D eigenvalue weighted by Crippen LogP contribution is 2.27. The van der Waals surface area contributed by atoms with E-state index in [1.165, 1.54) is 32.1 Å². The molecule has 0 aromatic heterocycles. The summed E-state index contributed by atoms with van der Waals surface area (Å²) in [6.07, 6.45) is 6.48. The Morgan fingerprint density at radius 3 is 2.65 bits per heavy atom. The molecule has 96 valence electrons. The lowest BCUT2D eigenvalue weighted by Crippen LogP contribution is -2.01. The third kappa shape index (κ3) is 5.31. The number of halogens is 1. The Labute approximate surface area is 109 Å². The van der Waals surface area contributed by atoms with Crippen molar-refractivity contribution in [3.05, 3.63) is 23.2 Å². The third-order valence-electron chi connectivity index (χ3n) is 2.76. The lowest BCUT2D eigenvalue weighted by atomic mass is 10.1. The molecule has 3 heteroatoms. The van der Waals surface area contributed by atoms with Crippen LogP contribution in [-0.2, 0) is 0 Å². The van der Waals surface area contributed by atoms with E-state index in [-0.39, 0.29) is 0 Å². The van der Waals surface area contributed by atoms with Gasteiger partial charge in [-0.3, -0.25) is 0 Å². The minimum Gasteiger partial charge on any atom is -0.495 e. The molecule has 1 aromatic carbocycles. The Morgan fingerprint density at radius 1 is 1.18 bits per heavy atom. The highest BCUT2D eigenvalue weighted by Gasteiger charge is 2.01. The van der Waals surface area contributed by atoms with Gasteiger partial charge in [0.1, 0.15) is 5.75 Å². The van der Waals surface area contributed by atoms with Gasteiger partial charge in [0.05, 0.1) is 12.1 Å². The van der Waals surface area contributed by atoms with E-state index in [4.69, 9.17) is 16.3 Å². The number of ether oxygens (including phenoxy) is 1. The van der Waals surface area contributed by atoms with E-state index < -0.39 is 0 Å². The van der Waals surface area contributed by atoms with Crippen LogP contribution in [-0.4, -0.2) is 13.7 Å². The Morgan fingerprint density at radius 2 is 1.94 bits per heavy atom. The Balaban J connectivity index is 2.27. The normalized spacial score (nSPS) is 10.3. The first kappa shape index (κ1) is 14.2. The first-order valence-corrected chi connectivity index (χ1v) is 6.73. The molecule has 0 amide bonds. The van der Waals surface area contributed by atoms with Gasteiger partial charge in [0.2, 0.25) is 0 Å². The van der Waals surface area contributed by atoms with E-state index in [1.807, 2.05) is 18.2 Å². The second kappa shape index (κ2) is 8.24. The van der Waals surface area contributed by atoms with Gasteiger partial charge < -0.3 is 10.1 Å². The van der Waals surface area contributed by atoms with Gasteiger partial charge in [-0.1, -0.05) is 44.2 Å². The number of methoxy groups -OCH3 is 1. The zero-order chi connectivity index (χ0) is 12.5. The van der Waals surface area contributed by atoms with Gasteiger partial charge in [-0.25, -0.2) is 0 Å². The molecule has 0 bridgehead atoms. The summed E-state index contributed by atoms with van der Waals surface area (Å²) >= 11 is 5.96. The van der Waals surface area contributed by atoms with Crippen LogP contribution >= 0.6 is 11.6 Å². The molecule has 1 rings (SSSR count). The molecule has 0 saturated heterocycles. The average molecular weight is 256 g/mol. The van der Waals surface area contributed by atoms with Crippen molar-refractivity contribution in [1.82, 2.24) is 0 Å². The average Bonchev–Trinajstić information content (AvgIpc) is 2.35. The van der Waals surface area contributed by atoms with Crippen LogP contribution < -0.4 is 10.1 Å². The lowest BCUT2D eigenvalue weighted by molar-refractivity contribution is 0.415. The standard InChI is InChI=1S/C14H22ClNO/c1-3-4-5-6-7-10-16-12-8-9-13(15)14(11-12)17-2/h8-9,11,16H,3-7,10H2,1-2H3. The highest BCUT2D eigenvalue weighted by molar-refractivity contribution is 6.32. The van der Waals surface area contributed by atoms with E-state index >= 15 is 0 Å². The first-order valence-electron chi connectivity index (χ1n) is 6.35. The maximum Gasteiger partial charge on any atom is 0.139 e. The molecule has 0 saturated carbocycles. The fourth-order valence-corrected chi connectivity index (χ4v) is 1.93. The summed E-state index contributed by atoms with van der Waals surface area (Å²) in [6.45, 7) is 3.24. The summed E-state index contributed by atoms with van der Waals surface area (Å²) in [5.41, 5.74) is 1.07. The van der Waals surface area contributed by atoms with Crippen molar-refractivity contribution < 1.29 is 4.74 Å². The summed E-state index contributed by atoms with van der Waals surface area (Å²) in [5.74, 6) is 0.725. The summed E-state index contributed by atoms with van der Waals surface area (Å²) < 4.78 is 5.17. The van der Waals surface area contributed by atoms with Crippen molar-refractivity contribution in [1.29, 1.82) is 0 Å². The molecule has 0 spiro atoms. The fourth-order valence-electron chi connectivity index (χ4n) is 1.73. The van der Waals surface area contributed by atoms with Crippen LogP contribution in [0.4, 0.5) is 5.69 Å². The first-order chi connectivity index (χ1) is 8.27. The number of rotatable bonds is 8. The molecule has 2 nitrogen and oxygen atoms in total. The van der Waals surface area contributed by atoms with Gasteiger partial charge in [0.15, 0.2) is 0 Å². The summed E-state index contributed by atoms with van der Waals surface area (Å²) in [4.78, 5) is 0. The number of benzene rings is 1. The van der Waals surface area contributed by atoms with Gasteiger partial charge >= 0.3 is 0 Å². The zero-order valence-corrected chi connectivity index (χ0v) is 11.5. The molecule has 0 aliphatic heterocycles. The number of hydrogen-bond acceptors (Lipinski definition) is 2. The van der Waals surface area contributed by atoms with Crippen LogP contribution in [0.2, 0.25) is 5.02 Å². The fraction of sp³-hybridized carbons (Fsp3) is 0.571. The number of anilines is 1. The topological polar surface area (TPSA) is 21.3 Å². The molecular weight excluding hydrogens is 234 g/mol. The Kier molecular flexibility index (Phi) is 6.87. The molecule has 1 aromatic rings. The lowest BCUT2D eigenvalue weighted by Gasteiger charge is -2.09. The third-order valence-corrected chi connectivity index (χ3v) is 3.07. The van der Waals surface area contributed by atoms with E-state index in [2.05, 4.69) is 12.2 Å². The smallest absolute Gasteiger partial charge is 0.139 e. The maximum absolute atomic E-state index is 5.96. The molecule has 0 radical (unpaired) electrons. The summed E-state index contributed by atoms with van der Waals surface area (Å²) in [7, 11) is 1.63. The number of nitrogens with one attached hydrogen (secondary N) is 1. The second-order valence-electron chi connectivity index (χ2n) is 4.19. The van der Waals surface area contributed by atoms with Crippen molar-refractivity contribution in [2.24, 2.45) is 0 Å². The monoisotopic (exact) mass is 255 g/mol. The molecule has 0 aliphatic carbocycles. The van der Waals surface area contributed by atoms with Crippen LogP contribution in [0.5, 0.6) is 5.75 Å². The van der Waals surface area contributed by atoms with Crippen LogP contribution in [0.25, 0.3) is 0 Å². The molecule has 0 atom stereocenters. The van der Waals surface area contributed by atoms with Crippen LogP contribution in [0, 0.1) is 0 Å². The molecule has 0 unspecified atom stereocenters. The van der Waals surface area contributed by atoms with Crippen molar-refractivity contribution >= 4 is 17.3 Å². The van der Waals surface area contributed by atoms with Gasteiger partial charge in [-0.05, 0) is 18.6 Å². The van der Waals surface area contributed by atoms with Gasteiger partial charge in [0.25, 0.3) is 0 Å². The molecular formula is C14H22ClNO. The maximum atomic E-state index is 5.96. The molecule has 0 aliphatic rings. The van der Waals surface area contributed by atoms with Crippen molar-refractivity contribution in [3.63, 3.8) is 0 Å². The second-order valence-corrected chi connectivity index (χ2v) is 4.60. The highest BCUT2D eigenvalue weighted by atomic mass is 35.5. The van der Waals surface area contributed by atoms with Crippen LogP contribution in [0.1, 0.15) is 39.0 Å². The minimum atomic E-state index is 0.654. The molecule has 0 heterocycles. The zero-order valence-electron chi connectivity index (χ0n) is 10.8. The van der Waals surface area contributed by atoms with Gasteiger partial charge in [-0.2, -0.15) is 0 Å². The number of hydrogen-bond donors (Lipinski definition) is 1. The van der Waals surface area contributed by atoms with Crippen molar-refractivity contribution in [2.75, 3.05) is 19.0 Å². The summed E-state index contributed by atoms with van der Waals surface area (Å²) in [5, 5.41) is 4.04. The van der Waals surface area contributed by atoms with E-state index in [1.54, 1.807) is 7.11 Å². The minimum absolute atomic E-state index is 0.654. The quantitative estimate of drug-likeness (QED) is 0.678. The van der Waals surface area contributed by atoms with Crippen molar-refractivity contribution in [3.8, 4) is 5.75 Å². The van der Waals surface area contributed by atoms with E-state index in [9.17, 15) is 0 Å². The van der Waals surface area contributed by atoms with E-state index in [0.29, 0.717) is 5.02 Å². The Hall–Kier alpha value is -0.890. The Bertz CT molecular complexity index is 328. The van der Waals surface area contributed by atoms with Crippen LogP contribution in [0.3, 0.4) is 0 Å². The van der Waals surface area contributed by atoms with Crippen LogP contribution in [0.15, 0.2) is 18.2 Å². The van der Waals surface area contributed by atoms with E-state index in [0.717, 1.165) is 18.0 Å². The predicted molar refractivity (Wildman–Crippen MR) is 75.3 cm³/mol. The summed E-state index contributed by atoms with van der Waals surface area (Å²) in [6, 6.07) is 5.78. The predicted octanol–water partition coefficient (Wildman–Crippen LogP) is 4.73.